The highest BCUT2D eigenvalue weighted by atomic mass is 79.9. The van der Waals surface area contributed by atoms with E-state index in [0.29, 0.717) is 26.7 Å². The van der Waals surface area contributed by atoms with Gasteiger partial charge >= 0.3 is 0 Å². The van der Waals surface area contributed by atoms with Crippen molar-refractivity contribution in [1.82, 2.24) is 4.90 Å². The molecule has 2 rings (SSSR count). The molecule has 0 aliphatic carbocycles. The summed E-state index contributed by atoms with van der Waals surface area (Å²) in [7, 11) is 1.53. The highest BCUT2D eigenvalue weighted by molar-refractivity contribution is 9.10. The Morgan fingerprint density at radius 2 is 2.15 bits per heavy atom. The molecule has 0 radical (unpaired) electrons. The zero-order valence-corrected chi connectivity index (χ0v) is 13.9. The van der Waals surface area contributed by atoms with Crippen molar-refractivity contribution in [3.63, 3.8) is 0 Å². The maximum Gasteiger partial charge on any atom is 0.293 e. The van der Waals surface area contributed by atoms with Gasteiger partial charge < -0.3 is 4.74 Å². The molecule has 106 valence electrons. The molecular formula is C13H11BrClNO3S. The molecule has 0 aromatic heterocycles. The van der Waals surface area contributed by atoms with Crippen molar-refractivity contribution in [3.8, 4) is 5.75 Å². The van der Waals surface area contributed by atoms with Crippen LogP contribution in [0, 0.1) is 0 Å². The van der Waals surface area contributed by atoms with Crippen LogP contribution in [0.2, 0.25) is 5.02 Å². The van der Waals surface area contributed by atoms with Crippen LogP contribution >= 0.6 is 39.3 Å². The van der Waals surface area contributed by atoms with Gasteiger partial charge in [0.15, 0.2) is 5.75 Å². The van der Waals surface area contributed by atoms with Gasteiger partial charge in [-0.3, -0.25) is 14.5 Å². The zero-order valence-electron chi connectivity index (χ0n) is 10.8. The van der Waals surface area contributed by atoms with Crippen LogP contribution in [0.3, 0.4) is 0 Å². The molecule has 1 heterocycles. The molecule has 2 amide bonds. The molecule has 4 nitrogen and oxygen atoms in total. The van der Waals surface area contributed by atoms with Crippen LogP contribution in [0.5, 0.6) is 5.75 Å². The molecule has 1 saturated heterocycles. The summed E-state index contributed by atoms with van der Waals surface area (Å²) in [6, 6.07) is 3.47. The minimum absolute atomic E-state index is 0.248. The highest BCUT2D eigenvalue weighted by Crippen LogP contribution is 2.37. The average molecular weight is 377 g/mol. The molecule has 1 aliphatic heterocycles. The lowest BCUT2D eigenvalue weighted by Gasteiger charge is -2.08. The molecule has 20 heavy (non-hydrogen) atoms. The number of imide groups is 1. The van der Waals surface area contributed by atoms with Gasteiger partial charge in [-0.2, -0.15) is 0 Å². The fraction of sp³-hybridized carbons (Fsp3) is 0.231. The largest absolute Gasteiger partial charge is 0.494 e. The van der Waals surface area contributed by atoms with Crippen molar-refractivity contribution in [2.75, 3.05) is 13.7 Å². The average Bonchev–Trinajstić information content (AvgIpc) is 2.63. The van der Waals surface area contributed by atoms with E-state index in [1.165, 1.54) is 12.0 Å². The van der Waals surface area contributed by atoms with Crippen molar-refractivity contribution in [2.24, 2.45) is 0 Å². The van der Waals surface area contributed by atoms with Crippen LogP contribution in [0.1, 0.15) is 12.5 Å². The van der Waals surface area contributed by atoms with Crippen molar-refractivity contribution in [1.29, 1.82) is 0 Å². The van der Waals surface area contributed by atoms with Gasteiger partial charge in [0, 0.05) is 6.54 Å². The molecule has 0 unspecified atom stereocenters. The number of nitrogens with zero attached hydrogens (tertiary/aromatic N) is 1. The topological polar surface area (TPSA) is 46.6 Å². The summed E-state index contributed by atoms with van der Waals surface area (Å²) in [5, 5.41) is 0.185. The second kappa shape index (κ2) is 6.20. The third kappa shape index (κ3) is 2.87. The second-order valence-corrected chi connectivity index (χ2v) is 6.20. The molecule has 1 aromatic rings. The zero-order chi connectivity index (χ0) is 14.9. The number of carbonyl (C=O) groups is 2. The Hall–Kier alpha value is -0.980. The van der Waals surface area contributed by atoms with E-state index in [1.54, 1.807) is 25.1 Å². The van der Waals surface area contributed by atoms with Gasteiger partial charge in [-0.05, 0) is 58.4 Å². The molecule has 0 spiro atoms. The molecule has 1 aliphatic rings. The Labute approximate surface area is 134 Å². The fourth-order valence-electron chi connectivity index (χ4n) is 1.78. The van der Waals surface area contributed by atoms with Crippen molar-refractivity contribution in [3.05, 3.63) is 32.1 Å². The number of amides is 2. The third-order valence-corrected chi connectivity index (χ3v) is 4.49. The highest BCUT2D eigenvalue weighted by Gasteiger charge is 2.33. The van der Waals surface area contributed by atoms with Crippen LogP contribution in [0.15, 0.2) is 21.5 Å². The number of thioether (sulfide) groups is 1. The van der Waals surface area contributed by atoms with E-state index in [0.717, 1.165) is 17.3 Å². The van der Waals surface area contributed by atoms with Crippen LogP contribution in [0.4, 0.5) is 4.79 Å². The first-order valence-electron chi connectivity index (χ1n) is 5.76. The van der Waals surface area contributed by atoms with Crippen LogP contribution < -0.4 is 4.74 Å². The molecule has 0 saturated carbocycles. The molecule has 0 N–H and O–H groups in total. The number of hydrogen-bond donors (Lipinski definition) is 0. The van der Waals surface area contributed by atoms with E-state index >= 15 is 0 Å². The number of benzene rings is 1. The van der Waals surface area contributed by atoms with Gasteiger partial charge in [-0.15, -0.1) is 0 Å². The molecule has 0 atom stereocenters. The minimum Gasteiger partial charge on any atom is -0.494 e. The third-order valence-electron chi connectivity index (χ3n) is 2.71. The van der Waals surface area contributed by atoms with Crippen molar-refractivity contribution < 1.29 is 14.3 Å². The van der Waals surface area contributed by atoms with Crippen LogP contribution in [0.25, 0.3) is 6.08 Å². The standard InChI is InChI=1S/C13H11BrClNO3S/c1-3-16-12(17)10(20-13(16)18)6-7-4-8(14)11(19-2)9(15)5-7/h4-6H,3H2,1-2H3/b10-6+. The quantitative estimate of drug-likeness (QED) is 0.743. The van der Waals surface area contributed by atoms with Gasteiger partial charge in [0.25, 0.3) is 11.1 Å². The van der Waals surface area contributed by atoms with E-state index in [-0.39, 0.29) is 11.1 Å². The Kier molecular flexibility index (Phi) is 4.78. The maximum absolute atomic E-state index is 12.0. The van der Waals surface area contributed by atoms with Crippen molar-refractivity contribution >= 4 is 56.5 Å². The Balaban J connectivity index is 2.37. The number of ether oxygens (including phenoxy) is 1. The van der Waals surface area contributed by atoms with Gasteiger partial charge in [-0.1, -0.05) is 11.6 Å². The Morgan fingerprint density at radius 1 is 1.45 bits per heavy atom. The summed E-state index contributed by atoms with van der Waals surface area (Å²) >= 11 is 10.4. The van der Waals surface area contributed by atoms with E-state index < -0.39 is 0 Å². The minimum atomic E-state index is -0.273. The molecule has 7 heteroatoms. The normalized spacial score (nSPS) is 17.2. The number of halogens is 2. The first kappa shape index (κ1) is 15.4. The number of likely N-dealkylation sites (N-methyl/N-ethyl adjacent to an activating group) is 1. The molecule has 1 aromatic carbocycles. The Bertz CT molecular complexity index is 595. The first-order valence-corrected chi connectivity index (χ1v) is 7.75. The summed E-state index contributed by atoms with van der Waals surface area (Å²) in [4.78, 5) is 25.2. The summed E-state index contributed by atoms with van der Waals surface area (Å²) < 4.78 is 5.83. The fourth-order valence-corrected chi connectivity index (χ4v) is 3.74. The SMILES string of the molecule is CCN1C(=O)S/C(=C/c2cc(Cl)c(OC)c(Br)c2)C1=O. The summed E-state index contributed by atoms with van der Waals surface area (Å²) in [6.07, 6.45) is 1.65. The number of methoxy groups -OCH3 is 1. The van der Waals surface area contributed by atoms with E-state index in [2.05, 4.69) is 15.9 Å². The van der Waals surface area contributed by atoms with Gasteiger partial charge in [0.2, 0.25) is 0 Å². The van der Waals surface area contributed by atoms with Crippen LogP contribution in [-0.4, -0.2) is 29.7 Å². The number of rotatable bonds is 3. The Morgan fingerprint density at radius 3 is 2.65 bits per heavy atom. The lowest BCUT2D eigenvalue weighted by Crippen LogP contribution is -2.27. The number of carbonyl (C=O) groups excluding carboxylic acids is 2. The van der Waals surface area contributed by atoms with Gasteiger partial charge in [0.1, 0.15) is 0 Å². The van der Waals surface area contributed by atoms with Gasteiger partial charge in [-0.25, -0.2) is 0 Å². The van der Waals surface area contributed by atoms with E-state index in [1.807, 2.05) is 0 Å². The first-order chi connectivity index (χ1) is 9.47. The lowest BCUT2D eigenvalue weighted by molar-refractivity contribution is -0.122. The van der Waals surface area contributed by atoms with Crippen molar-refractivity contribution in [2.45, 2.75) is 6.92 Å². The smallest absolute Gasteiger partial charge is 0.293 e. The maximum atomic E-state index is 12.0. The molecule has 0 bridgehead atoms. The van der Waals surface area contributed by atoms with E-state index in [9.17, 15) is 9.59 Å². The number of hydrogen-bond acceptors (Lipinski definition) is 4. The molecular weight excluding hydrogens is 366 g/mol. The van der Waals surface area contributed by atoms with Gasteiger partial charge in [0.05, 0.1) is 21.5 Å². The summed E-state index contributed by atoms with van der Waals surface area (Å²) in [5.74, 6) is 0.260. The predicted molar refractivity (Wildman–Crippen MR) is 84.1 cm³/mol. The predicted octanol–water partition coefficient (Wildman–Crippen LogP) is 4.17. The van der Waals surface area contributed by atoms with E-state index in [4.69, 9.17) is 16.3 Å². The summed E-state index contributed by atoms with van der Waals surface area (Å²) in [6.45, 7) is 2.13. The lowest BCUT2D eigenvalue weighted by atomic mass is 10.2. The summed E-state index contributed by atoms with van der Waals surface area (Å²) in [5.41, 5.74) is 0.726. The second-order valence-electron chi connectivity index (χ2n) is 3.94. The van der Waals surface area contributed by atoms with Crippen LogP contribution in [-0.2, 0) is 4.79 Å². The monoisotopic (exact) mass is 375 g/mol. The molecule has 1 fully saturated rings.